The van der Waals surface area contributed by atoms with Gasteiger partial charge in [0.1, 0.15) is 5.75 Å². The summed E-state index contributed by atoms with van der Waals surface area (Å²) >= 11 is 0. The first-order valence-corrected chi connectivity index (χ1v) is 6.49. The maximum Gasteiger partial charge on any atom is 0.122 e. The molecule has 1 atom stereocenters. The van der Waals surface area contributed by atoms with E-state index in [1.54, 1.807) is 7.11 Å². The molecule has 0 bridgehead atoms. The van der Waals surface area contributed by atoms with Gasteiger partial charge in [-0.1, -0.05) is 36.4 Å². The molecular formula is C17H20O2. The first-order chi connectivity index (χ1) is 9.11. The summed E-state index contributed by atoms with van der Waals surface area (Å²) in [5, 5.41) is 10.4. The smallest absolute Gasteiger partial charge is 0.122 e. The number of aryl methyl sites for hydroxylation is 2. The van der Waals surface area contributed by atoms with Gasteiger partial charge in [-0.3, -0.25) is 0 Å². The van der Waals surface area contributed by atoms with Crippen LogP contribution in [0.3, 0.4) is 0 Å². The van der Waals surface area contributed by atoms with Crippen LogP contribution in [0.1, 0.15) is 28.4 Å². The van der Waals surface area contributed by atoms with Crippen LogP contribution in [0.5, 0.6) is 5.75 Å². The van der Waals surface area contributed by atoms with Crippen molar-refractivity contribution >= 4 is 0 Å². The molecule has 100 valence electrons. The quantitative estimate of drug-likeness (QED) is 0.906. The van der Waals surface area contributed by atoms with Crippen LogP contribution in [0.4, 0.5) is 0 Å². The Morgan fingerprint density at radius 3 is 2.47 bits per heavy atom. The number of hydrogen-bond donors (Lipinski definition) is 1. The van der Waals surface area contributed by atoms with Gasteiger partial charge in [-0.15, -0.1) is 0 Å². The molecule has 2 nitrogen and oxygen atoms in total. The van der Waals surface area contributed by atoms with Crippen molar-refractivity contribution < 1.29 is 9.84 Å². The molecule has 1 N–H and O–H groups in total. The third kappa shape index (κ3) is 3.15. The van der Waals surface area contributed by atoms with E-state index >= 15 is 0 Å². The highest BCUT2D eigenvalue weighted by Gasteiger charge is 2.11. The lowest BCUT2D eigenvalue weighted by Crippen LogP contribution is -2.04. The second-order valence-corrected chi connectivity index (χ2v) is 4.88. The monoisotopic (exact) mass is 256 g/mol. The molecule has 0 radical (unpaired) electrons. The molecule has 1 unspecified atom stereocenters. The van der Waals surface area contributed by atoms with E-state index in [-0.39, 0.29) is 0 Å². The molecule has 2 heteroatoms. The fourth-order valence-corrected chi connectivity index (χ4v) is 2.21. The summed E-state index contributed by atoms with van der Waals surface area (Å²) in [6.07, 6.45) is 0.120. The zero-order valence-corrected chi connectivity index (χ0v) is 11.7. The van der Waals surface area contributed by atoms with E-state index in [1.807, 2.05) is 37.3 Å². The van der Waals surface area contributed by atoms with Gasteiger partial charge in [0.15, 0.2) is 0 Å². The Hall–Kier alpha value is -1.80. The van der Waals surface area contributed by atoms with E-state index in [1.165, 1.54) is 11.1 Å². The molecule has 0 fully saturated rings. The zero-order chi connectivity index (χ0) is 13.8. The molecule has 2 aromatic rings. The molecule has 0 amide bonds. The molecule has 0 aliphatic rings. The van der Waals surface area contributed by atoms with Gasteiger partial charge in [0.2, 0.25) is 0 Å². The maximum atomic E-state index is 10.4. The Balaban J connectivity index is 2.20. The minimum absolute atomic E-state index is 0.504. The number of methoxy groups -OCH3 is 1. The van der Waals surface area contributed by atoms with Gasteiger partial charge < -0.3 is 9.84 Å². The summed E-state index contributed by atoms with van der Waals surface area (Å²) in [4.78, 5) is 0. The Morgan fingerprint density at radius 1 is 1.05 bits per heavy atom. The molecule has 19 heavy (non-hydrogen) atoms. The number of ether oxygens (including phenoxy) is 1. The number of aliphatic hydroxyl groups excluding tert-OH is 1. The van der Waals surface area contributed by atoms with Gasteiger partial charge in [-0.2, -0.15) is 0 Å². The van der Waals surface area contributed by atoms with Crippen LogP contribution in [-0.2, 0) is 6.42 Å². The summed E-state index contributed by atoms with van der Waals surface area (Å²) in [5.74, 6) is 0.821. The highest BCUT2D eigenvalue weighted by molar-refractivity contribution is 5.38. The minimum atomic E-state index is -0.504. The van der Waals surface area contributed by atoms with E-state index in [9.17, 15) is 5.11 Å². The largest absolute Gasteiger partial charge is 0.496 e. The molecule has 0 saturated carbocycles. The van der Waals surface area contributed by atoms with Crippen LogP contribution in [0.15, 0.2) is 42.5 Å². The van der Waals surface area contributed by atoms with E-state index in [0.29, 0.717) is 6.42 Å². The molecule has 2 aromatic carbocycles. The number of hydrogen-bond acceptors (Lipinski definition) is 2. The highest BCUT2D eigenvalue weighted by atomic mass is 16.5. The molecule has 0 aliphatic heterocycles. The van der Waals surface area contributed by atoms with Gasteiger partial charge in [0, 0.05) is 6.42 Å². The van der Waals surface area contributed by atoms with Crippen molar-refractivity contribution in [3.8, 4) is 5.75 Å². The molecule has 0 heterocycles. The molecule has 0 spiro atoms. The van der Waals surface area contributed by atoms with Crippen LogP contribution >= 0.6 is 0 Å². The number of aliphatic hydroxyl groups is 1. The Labute approximate surface area is 114 Å². The first kappa shape index (κ1) is 13.6. The normalized spacial score (nSPS) is 12.2. The molecular weight excluding hydrogens is 236 g/mol. The Kier molecular flexibility index (Phi) is 4.23. The molecule has 0 saturated heterocycles. The second kappa shape index (κ2) is 5.89. The van der Waals surface area contributed by atoms with Crippen LogP contribution < -0.4 is 4.74 Å². The van der Waals surface area contributed by atoms with Crippen LogP contribution in [0.25, 0.3) is 0 Å². The van der Waals surface area contributed by atoms with Crippen molar-refractivity contribution in [1.29, 1.82) is 0 Å². The van der Waals surface area contributed by atoms with Gasteiger partial charge in [0.05, 0.1) is 13.2 Å². The highest BCUT2D eigenvalue weighted by Crippen LogP contribution is 2.26. The average molecular weight is 256 g/mol. The van der Waals surface area contributed by atoms with Crippen LogP contribution in [-0.4, -0.2) is 12.2 Å². The van der Waals surface area contributed by atoms with Crippen molar-refractivity contribution in [3.63, 3.8) is 0 Å². The van der Waals surface area contributed by atoms with Gasteiger partial charge in [-0.25, -0.2) is 0 Å². The van der Waals surface area contributed by atoms with E-state index < -0.39 is 6.10 Å². The van der Waals surface area contributed by atoms with Crippen molar-refractivity contribution in [2.45, 2.75) is 26.4 Å². The zero-order valence-electron chi connectivity index (χ0n) is 11.7. The third-order valence-corrected chi connectivity index (χ3v) is 3.49. The van der Waals surface area contributed by atoms with Crippen molar-refractivity contribution in [2.75, 3.05) is 7.11 Å². The first-order valence-electron chi connectivity index (χ1n) is 6.49. The van der Waals surface area contributed by atoms with Gasteiger partial charge >= 0.3 is 0 Å². The predicted molar refractivity (Wildman–Crippen MR) is 77.6 cm³/mol. The van der Waals surface area contributed by atoms with Gasteiger partial charge in [0.25, 0.3) is 0 Å². The molecule has 2 rings (SSSR count). The molecule has 0 aliphatic carbocycles. The lowest BCUT2D eigenvalue weighted by Gasteiger charge is -2.15. The fraction of sp³-hybridized carbons (Fsp3) is 0.294. The SMILES string of the molecule is COc1cc(C(O)Cc2ccccc2C)ccc1C. The van der Waals surface area contributed by atoms with E-state index in [0.717, 1.165) is 16.9 Å². The van der Waals surface area contributed by atoms with E-state index in [4.69, 9.17) is 4.74 Å². The summed E-state index contributed by atoms with van der Waals surface area (Å²) < 4.78 is 5.30. The molecule has 0 aromatic heterocycles. The average Bonchev–Trinajstić information content (AvgIpc) is 2.42. The second-order valence-electron chi connectivity index (χ2n) is 4.88. The summed E-state index contributed by atoms with van der Waals surface area (Å²) in [6, 6.07) is 14.0. The summed E-state index contributed by atoms with van der Waals surface area (Å²) in [5.41, 5.74) is 4.36. The van der Waals surface area contributed by atoms with E-state index in [2.05, 4.69) is 19.1 Å². The number of benzene rings is 2. The summed E-state index contributed by atoms with van der Waals surface area (Å²) in [6.45, 7) is 4.06. The Morgan fingerprint density at radius 2 is 1.79 bits per heavy atom. The maximum absolute atomic E-state index is 10.4. The fourth-order valence-electron chi connectivity index (χ4n) is 2.21. The topological polar surface area (TPSA) is 29.5 Å². The lowest BCUT2D eigenvalue weighted by atomic mass is 9.97. The standard InChI is InChI=1S/C17H20O2/c1-12-6-4-5-7-14(12)10-16(18)15-9-8-13(2)17(11-15)19-3/h4-9,11,16,18H,10H2,1-3H3. The van der Waals surface area contributed by atoms with Crippen LogP contribution in [0.2, 0.25) is 0 Å². The van der Waals surface area contributed by atoms with Gasteiger partial charge in [-0.05, 0) is 42.2 Å². The van der Waals surface area contributed by atoms with Crippen LogP contribution in [0, 0.1) is 13.8 Å². The Bertz CT molecular complexity index is 561. The third-order valence-electron chi connectivity index (χ3n) is 3.49. The number of rotatable bonds is 4. The van der Waals surface area contributed by atoms with Crippen molar-refractivity contribution in [3.05, 3.63) is 64.7 Å². The minimum Gasteiger partial charge on any atom is -0.496 e. The van der Waals surface area contributed by atoms with Crippen molar-refractivity contribution in [2.24, 2.45) is 0 Å². The summed E-state index contributed by atoms with van der Waals surface area (Å²) in [7, 11) is 1.65. The predicted octanol–water partition coefficient (Wildman–Crippen LogP) is 3.59. The lowest BCUT2D eigenvalue weighted by molar-refractivity contribution is 0.178. The van der Waals surface area contributed by atoms with Crippen molar-refractivity contribution in [1.82, 2.24) is 0 Å².